The molecule has 0 fully saturated rings. The lowest BCUT2D eigenvalue weighted by molar-refractivity contribution is -0.114. The van der Waals surface area contributed by atoms with Crippen molar-refractivity contribution in [3.05, 3.63) is 29.7 Å². The molecule has 2 heterocycles. The predicted octanol–water partition coefficient (Wildman–Crippen LogP) is 2.06. The molecule has 2 rings (SSSR count). The average molecular weight is 244 g/mol. The van der Waals surface area contributed by atoms with E-state index in [1.165, 1.54) is 6.92 Å². The third-order valence-electron chi connectivity index (χ3n) is 2.87. The Hall–Kier alpha value is -2.17. The first kappa shape index (κ1) is 12.3. The SMILES string of the molecule is CC(=O)Nc1ccc(-c2c(C)nn(C)c2C)cn1. The second kappa shape index (κ2) is 4.60. The van der Waals surface area contributed by atoms with Crippen molar-refractivity contribution in [1.29, 1.82) is 0 Å². The number of amides is 1. The van der Waals surface area contributed by atoms with Gasteiger partial charge in [-0.25, -0.2) is 4.98 Å². The molecule has 18 heavy (non-hydrogen) atoms. The van der Waals surface area contributed by atoms with E-state index in [0.717, 1.165) is 22.5 Å². The van der Waals surface area contributed by atoms with Crippen LogP contribution in [-0.2, 0) is 11.8 Å². The highest BCUT2D eigenvalue weighted by molar-refractivity contribution is 5.87. The molecule has 94 valence electrons. The highest BCUT2D eigenvalue weighted by Crippen LogP contribution is 2.26. The lowest BCUT2D eigenvalue weighted by Gasteiger charge is -2.04. The monoisotopic (exact) mass is 244 g/mol. The van der Waals surface area contributed by atoms with Gasteiger partial charge in [-0.05, 0) is 26.0 Å². The summed E-state index contributed by atoms with van der Waals surface area (Å²) in [4.78, 5) is 15.1. The Bertz CT molecular complexity index is 584. The van der Waals surface area contributed by atoms with Crippen molar-refractivity contribution in [2.45, 2.75) is 20.8 Å². The Labute approximate surface area is 106 Å². The van der Waals surface area contributed by atoms with E-state index in [2.05, 4.69) is 15.4 Å². The van der Waals surface area contributed by atoms with Crippen LogP contribution in [0.2, 0.25) is 0 Å². The first-order valence-corrected chi connectivity index (χ1v) is 5.73. The normalized spacial score (nSPS) is 10.4. The van der Waals surface area contributed by atoms with Crippen LogP contribution in [0.15, 0.2) is 18.3 Å². The molecule has 0 aliphatic rings. The summed E-state index contributed by atoms with van der Waals surface area (Å²) in [5, 5.41) is 7.02. The molecule has 2 aromatic rings. The smallest absolute Gasteiger partial charge is 0.222 e. The van der Waals surface area contributed by atoms with Crippen LogP contribution in [0.5, 0.6) is 0 Å². The van der Waals surface area contributed by atoms with E-state index in [1.807, 2.05) is 31.6 Å². The molecule has 0 saturated heterocycles. The van der Waals surface area contributed by atoms with Gasteiger partial charge in [0.1, 0.15) is 5.82 Å². The Morgan fingerprint density at radius 1 is 1.33 bits per heavy atom. The topological polar surface area (TPSA) is 59.8 Å². The Kier molecular flexibility index (Phi) is 3.14. The van der Waals surface area contributed by atoms with Crippen molar-refractivity contribution < 1.29 is 4.79 Å². The van der Waals surface area contributed by atoms with Crippen LogP contribution in [0.3, 0.4) is 0 Å². The maximum atomic E-state index is 10.9. The number of aryl methyl sites for hydroxylation is 2. The van der Waals surface area contributed by atoms with E-state index < -0.39 is 0 Å². The number of anilines is 1. The van der Waals surface area contributed by atoms with Crippen molar-refractivity contribution >= 4 is 11.7 Å². The summed E-state index contributed by atoms with van der Waals surface area (Å²) in [5.41, 5.74) is 4.18. The second-order valence-electron chi connectivity index (χ2n) is 4.28. The molecule has 0 aromatic carbocycles. The van der Waals surface area contributed by atoms with E-state index in [-0.39, 0.29) is 5.91 Å². The van der Waals surface area contributed by atoms with Gasteiger partial charge in [-0.15, -0.1) is 0 Å². The van der Waals surface area contributed by atoms with Crippen LogP contribution in [0.1, 0.15) is 18.3 Å². The highest BCUT2D eigenvalue weighted by atomic mass is 16.1. The van der Waals surface area contributed by atoms with Crippen LogP contribution in [-0.4, -0.2) is 20.7 Å². The zero-order chi connectivity index (χ0) is 13.3. The molecule has 0 atom stereocenters. The van der Waals surface area contributed by atoms with Gasteiger partial charge in [0, 0.05) is 37.0 Å². The van der Waals surface area contributed by atoms with E-state index in [0.29, 0.717) is 5.82 Å². The van der Waals surface area contributed by atoms with E-state index in [4.69, 9.17) is 0 Å². The van der Waals surface area contributed by atoms with Crippen LogP contribution in [0.25, 0.3) is 11.1 Å². The number of carbonyl (C=O) groups excluding carboxylic acids is 1. The maximum absolute atomic E-state index is 10.9. The van der Waals surface area contributed by atoms with E-state index in [9.17, 15) is 4.79 Å². The van der Waals surface area contributed by atoms with Crippen molar-refractivity contribution in [2.75, 3.05) is 5.32 Å². The summed E-state index contributed by atoms with van der Waals surface area (Å²) < 4.78 is 1.85. The Morgan fingerprint density at radius 3 is 2.50 bits per heavy atom. The van der Waals surface area contributed by atoms with Gasteiger partial charge < -0.3 is 5.32 Å². The minimum absolute atomic E-state index is 0.121. The summed E-state index contributed by atoms with van der Waals surface area (Å²) >= 11 is 0. The molecule has 1 amide bonds. The zero-order valence-corrected chi connectivity index (χ0v) is 11.0. The second-order valence-corrected chi connectivity index (χ2v) is 4.28. The summed E-state index contributed by atoms with van der Waals surface area (Å²) in [7, 11) is 1.92. The summed E-state index contributed by atoms with van der Waals surface area (Å²) in [6.07, 6.45) is 1.75. The number of hydrogen-bond donors (Lipinski definition) is 1. The fraction of sp³-hybridized carbons (Fsp3) is 0.308. The summed E-state index contributed by atoms with van der Waals surface area (Å²) in [6.45, 7) is 5.46. The minimum Gasteiger partial charge on any atom is -0.311 e. The van der Waals surface area contributed by atoms with Crippen molar-refractivity contribution in [1.82, 2.24) is 14.8 Å². The lowest BCUT2D eigenvalue weighted by atomic mass is 10.1. The van der Waals surface area contributed by atoms with Crippen molar-refractivity contribution in [2.24, 2.45) is 7.05 Å². The van der Waals surface area contributed by atoms with Crippen LogP contribution >= 0.6 is 0 Å². The maximum Gasteiger partial charge on any atom is 0.222 e. The third-order valence-corrected chi connectivity index (χ3v) is 2.87. The number of pyridine rings is 1. The van der Waals surface area contributed by atoms with Crippen LogP contribution in [0, 0.1) is 13.8 Å². The number of nitrogens with zero attached hydrogens (tertiary/aromatic N) is 3. The Morgan fingerprint density at radius 2 is 2.06 bits per heavy atom. The van der Waals surface area contributed by atoms with Gasteiger partial charge in [0.2, 0.25) is 5.91 Å². The standard InChI is InChI=1S/C13H16N4O/c1-8-13(9(2)17(4)16-8)11-5-6-12(14-7-11)15-10(3)18/h5-7H,1-4H3,(H,14,15,18). The van der Waals surface area contributed by atoms with E-state index in [1.54, 1.807) is 12.3 Å². The van der Waals surface area contributed by atoms with E-state index >= 15 is 0 Å². The van der Waals surface area contributed by atoms with Crippen molar-refractivity contribution in [3.8, 4) is 11.1 Å². The molecule has 0 radical (unpaired) electrons. The van der Waals surface area contributed by atoms with Gasteiger partial charge >= 0.3 is 0 Å². The third kappa shape index (κ3) is 2.25. The highest BCUT2D eigenvalue weighted by Gasteiger charge is 2.11. The molecule has 1 N–H and O–H groups in total. The van der Waals surface area contributed by atoms with Gasteiger partial charge in [-0.3, -0.25) is 9.48 Å². The quantitative estimate of drug-likeness (QED) is 0.879. The van der Waals surface area contributed by atoms with Crippen LogP contribution in [0.4, 0.5) is 5.82 Å². The first-order valence-electron chi connectivity index (χ1n) is 5.73. The number of aromatic nitrogens is 3. The molecule has 0 aliphatic heterocycles. The Balaban J connectivity index is 2.37. The molecule has 0 aliphatic carbocycles. The van der Waals surface area contributed by atoms with Gasteiger partial charge in [-0.2, -0.15) is 5.10 Å². The number of nitrogens with one attached hydrogen (secondary N) is 1. The molecule has 0 spiro atoms. The van der Waals surface area contributed by atoms with Crippen molar-refractivity contribution in [3.63, 3.8) is 0 Å². The van der Waals surface area contributed by atoms with Gasteiger partial charge in [0.25, 0.3) is 0 Å². The zero-order valence-electron chi connectivity index (χ0n) is 11.0. The first-order chi connectivity index (χ1) is 8.49. The summed E-state index contributed by atoms with van der Waals surface area (Å²) in [5.74, 6) is 0.439. The molecule has 5 nitrogen and oxygen atoms in total. The van der Waals surface area contributed by atoms with Crippen LogP contribution < -0.4 is 5.32 Å². The molecule has 0 unspecified atom stereocenters. The summed E-state index contributed by atoms with van der Waals surface area (Å²) in [6, 6.07) is 3.73. The largest absolute Gasteiger partial charge is 0.311 e. The molecular formula is C13H16N4O. The predicted molar refractivity (Wildman–Crippen MR) is 70.2 cm³/mol. The fourth-order valence-corrected chi connectivity index (χ4v) is 1.99. The minimum atomic E-state index is -0.121. The van der Waals surface area contributed by atoms with Gasteiger partial charge in [0.05, 0.1) is 5.69 Å². The molecule has 0 saturated carbocycles. The number of carbonyl (C=O) groups is 1. The molecule has 0 bridgehead atoms. The molecular weight excluding hydrogens is 228 g/mol. The number of hydrogen-bond acceptors (Lipinski definition) is 3. The fourth-order valence-electron chi connectivity index (χ4n) is 1.99. The average Bonchev–Trinajstić information content (AvgIpc) is 2.54. The van der Waals surface area contributed by atoms with Gasteiger partial charge in [-0.1, -0.05) is 0 Å². The lowest BCUT2D eigenvalue weighted by Crippen LogP contribution is -2.06. The molecule has 2 aromatic heterocycles. The number of rotatable bonds is 2. The molecule has 5 heteroatoms. The van der Waals surface area contributed by atoms with Gasteiger partial charge in [0.15, 0.2) is 0 Å².